The lowest BCUT2D eigenvalue weighted by Crippen LogP contribution is -2.38. The molecule has 0 aromatic rings. The number of ether oxygens (including phenoxy) is 3. The van der Waals surface area contributed by atoms with Gasteiger partial charge in [-0.1, -0.05) is 21.6 Å². The molecule has 1 aliphatic heterocycles. The van der Waals surface area contributed by atoms with Gasteiger partial charge in [-0.15, -0.1) is 0 Å². The van der Waals surface area contributed by atoms with E-state index >= 15 is 0 Å². The largest absolute Gasteiger partial charge is 0.382 e. The minimum Gasteiger partial charge on any atom is -0.382 e. The van der Waals surface area contributed by atoms with Crippen LogP contribution in [0.2, 0.25) is 0 Å². The van der Waals surface area contributed by atoms with Crippen molar-refractivity contribution in [3.05, 3.63) is 0 Å². The van der Waals surface area contributed by atoms with E-state index in [1.807, 2.05) is 6.26 Å². The highest BCUT2D eigenvalue weighted by Gasteiger charge is 2.45. The molecule has 0 amide bonds. The van der Waals surface area contributed by atoms with Crippen molar-refractivity contribution in [2.75, 3.05) is 32.6 Å². The minimum atomic E-state index is -3.66. The van der Waals surface area contributed by atoms with Gasteiger partial charge in [-0.25, -0.2) is 0 Å². The highest BCUT2D eigenvalue weighted by molar-refractivity contribution is 8.76. The SMILES string of the molecule is [B][C@@H]1O[C@H](COC)C(OP(C)(=O)O)C1OCSSC. The Morgan fingerprint density at radius 1 is 1.47 bits per heavy atom. The van der Waals surface area contributed by atoms with Crippen LogP contribution in [0, 0.1) is 0 Å². The van der Waals surface area contributed by atoms with Crippen LogP contribution in [-0.4, -0.2) is 69.6 Å². The highest BCUT2D eigenvalue weighted by Crippen LogP contribution is 2.43. The van der Waals surface area contributed by atoms with E-state index < -0.39 is 31.9 Å². The van der Waals surface area contributed by atoms with Gasteiger partial charge in [0.15, 0.2) is 0 Å². The fraction of sp³-hybridized carbons (Fsp3) is 1.00. The highest BCUT2D eigenvalue weighted by atomic mass is 33.1. The van der Waals surface area contributed by atoms with E-state index in [4.69, 9.17) is 26.6 Å². The summed E-state index contributed by atoms with van der Waals surface area (Å²) in [5.41, 5.74) is 0. The van der Waals surface area contributed by atoms with Crippen LogP contribution in [0.5, 0.6) is 0 Å². The van der Waals surface area contributed by atoms with Crippen LogP contribution < -0.4 is 0 Å². The van der Waals surface area contributed by atoms with Gasteiger partial charge >= 0.3 is 7.60 Å². The van der Waals surface area contributed by atoms with Crippen LogP contribution in [0.15, 0.2) is 0 Å². The van der Waals surface area contributed by atoms with Gasteiger partial charge in [-0.3, -0.25) is 9.09 Å². The number of methoxy groups -OCH3 is 1. The lowest BCUT2D eigenvalue weighted by molar-refractivity contribution is -0.0175. The first-order chi connectivity index (χ1) is 8.89. The van der Waals surface area contributed by atoms with Crippen molar-refractivity contribution in [1.82, 2.24) is 0 Å². The molecule has 1 saturated heterocycles. The van der Waals surface area contributed by atoms with E-state index in [1.165, 1.54) is 17.9 Å². The quantitative estimate of drug-likeness (QED) is 0.233. The summed E-state index contributed by atoms with van der Waals surface area (Å²) in [4.78, 5) is 9.37. The van der Waals surface area contributed by atoms with Crippen molar-refractivity contribution in [3.63, 3.8) is 0 Å². The maximum Gasteiger partial charge on any atom is 0.325 e. The van der Waals surface area contributed by atoms with Gasteiger partial charge in [-0.2, -0.15) is 0 Å². The van der Waals surface area contributed by atoms with E-state index in [2.05, 4.69) is 0 Å². The van der Waals surface area contributed by atoms with Gasteiger partial charge < -0.3 is 19.1 Å². The summed E-state index contributed by atoms with van der Waals surface area (Å²) in [6.07, 6.45) is 0.0811. The molecule has 1 N–H and O–H groups in total. The Kier molecular flexibility index (Phi) is 7.79. The average molecular weight is 328 g/mol. The first-order valence-electron chi connectivity index (χ1n) is 5.55. The average Bonchev–Trinajstić information content (AvgIpc) is 2.56. The molecule has 1 heterocycles. The number of hydrogen-bond acceptors (Lipinski definition) is 7. The van der Waals surface area contributed by atoms with Crippen molar-refractivity contribution < 1.29 is 28.2 Å². The third-order valence-electron chi connectivity index (χ3n) is 2.42. The number of rotatable bonds is 8. The lowest BCUT2D eigenvalue weighted by Gasteiger charge is -2.24. The van der Waals surface area contributed by atoms with Crippen molar-refractivity contribution >= 4 is 37.0 Å². The van der Waals surface area contributed by atoms with Crippen LogP contribution in [-0.2, 0) is 23.3 Å². The summed E-state index contributed by atoms with van der Waals surface area (Å²) in [6, 6.07) is -0.709. The molecule has 1 rings (SSSR count). The Hall–Kier alpha value is 0.795. The summed E-state index contributed by atoms with van der Waals surface area (Å²) in [6.45, 7) is 1.34. The van der Waals surface area contributed by atoms with Gasteiger partial charge in [0.1, 0.15) is 32.1 Å². The molecule has 0 aromatic carbocycles. The van der Waals surface area contributed by atoms with Gasteiger partial charge in [-0.05, 0) is 6.26 Å². The van der Waals surface area contributed by atoms with Gasteiger partial charge in [0.2, 0.25) is 0 Å². The van der Waals surface area contributed by atoms with Crippen LogP contribution in [0.4, 0.5) is 0 Å². The van der Waals surface area contributed by atoms with Crippen molar-refractivity contribution in [2.24, 2.45) is 0 Å². The second-order valence-electron chi connectivity index (χ2n) is 4.00. The zero-order valence-electron chi connectivity index (χ0n) is 11.1. The molecule has 10 heteroatoms. The molecule has 0 aromatic heterocycles. The van der Waals surface area contributed by atoms with Gasteiger partial charge in [0, 0.05) is 19.8 Å². The maximum atomic E-state index is 11.4. The van der Waals surface area contributed by atoms with E-state index in [9.17, 15) is 9.46 Å². The monoisotopic (exact) mass is 328 g/mol. The molecule has 0 spiro atoms. The van der Waals surface area contributed by atoms with Crippen LogP contribution >= 0.6 is 29.2 Å². The molecular formula is C9H18BO6PS2. The molecule has 5 atom stereocenters. The molecule has 1 fully saturated rings. The Labute approximate surface area is 122 Å². The van der Waals surface area contributed by atoms with Crippen molar-refractivity contribution in [3.8, 4) is 0 Å². The summed E-state index contributed by atoms with van der Waals surface area (Å²) in [7, 11) is 6.72. The van der Waals surface area contributed by atoms with E-state index in [-0.39, 0.29) is 6.61 Å². The van der Waals surface area contributed by atoms with Crippen LogP contribution in [0.1, 0.15) is 0 Å². The molecule has 0 bridgehead atoms. The molecule has 1 aliphatic rings. The molecule has 110 valence electrons. The summed E-state index contributed by atoms with van der Waals surface area (Å²) in [5, 5.41) is 0. The lowest BCUT2D eigenvalue weighted by atomic mass is 9.93. The molecule has 2 radical (unpaired) electrons. The third-order valence-corrected chi connectivity index (χ3v) is 4.52. The van der Waals surface area contributed by atoms with Crippen LogP contribution in [0.25, 0.3) is 0 Å². The van der Waals surface area contributed by atoms with Crippen LogP contribution in [0.3, 0.4) is 0 Å². The first kappa shape index (κ1) is 17.8. The van der Waals surface area contributed by atoms with E-state index in [1.54, 1.807) is 10.8 Å². The van der Waals surface area contributed by atoms with Crippen molar-refractivity contribution in [2.45, 2.75) is 24.3 Å². The number of hydrogen-bond donors (Lipinski definition) is 1. The van der Waals surface area contributed by atoms with E-state index in [0.29, 0.717) is 5.94 Å². The smallest absolute Gasteiger partial charge is 0.325 e. The van der Waals surface area contributed by atoms with Gasteiger partial charge in [0.05, 0.1) is 6.61 Å². The standard InChI is InChI=1S/C9H18BO6PS2/c1-13-4-6-7(16-17(2,11)12)8(9(10)15-6)14-5-19-18-3/h6-9H,4-5H2,1-3H3,(H,11,12)/t6-,7?,8?,9-/m1/s1. The minimum absolute atomic E-state index is 0.216. The predicted octanol–water partition coefficient (Wildman–Crippen LogP) is 1.08. The fourth-order valence-corrected chi connectivity index (χ4v) is 3.22. The molecule has 0 aliphatic carbocycles. The summed E-state index contributed by atoms with van der Waals surface area (Å²) >= 11 is 0. The zero-order chi connectivity index (χ0) is 14.5. The van der Waals surface area contributed by atoms with E-state index in [0.717, 1.165) is 6.66 Å². The summed E-state index contributed by atoms with van der Waals surface area (Å²) in [5.74, 6) is 0.391. The zero-order valence-corrected chi connectivity index (χ0v) is 13.6. The predicted molar refractivity (Wildman–Crippen MR) is 77.8 cm³/mol. The fourth-order valence-electron chi connectivity index (χ4n) is 1.75. The van der Waals surface area contributed by atoms with Gasteiger partial charge in [0.25, 0.3) is 0 Å². The topological polar surface area (TPSA) is 74.2 Å². The Morgan fingerprint density at radius 2 is 2.16 bits per heavy atom. The maximum absolute atomic E-state index is 11.4. The molecule has 0 saturated carbocycles. The second kappa shape index (κ2) is 8.29. The molecule has 3 unspecified atom stereocenters. The third kappa shape index (κ3) is 5.97. The summed E-state index contributed by atoms with van der Waals surface area (Å²) < 4.78 is 32.6. The molecular weight excluding hydrogens is 310 g/mol. The van der Waals surface area contributed by atoms with Crippen molar-refractivity contribution in [1.29, 1.82) is 0 Å². The second-order valence-corrected chi connectivity index (χ2v) is 8.33. The Bertz CT molecular complexity index is 317. The Morgan fingerprint density at radius 3 is 2.68 bits per heavy atom. The first-order valence-corrected chi connectivity index (χ1v) is 10.3. The Balaban J connectivity index is 2.70. The molecule has 6 nitrogen and oxygen atoms in total. The normalized spacial score (nSPS) is 34.3. The molecule has 19 heavy (non-hydrogen) atoms.